The molecule has 1 aliphatic rings. The van der Waals surface area contributed by atoms with E-state index in [1.54, 1.807) is 6.07 Å². The second-order valence-electron chi connectivity index (χ2n) is 3.40. The van der Waals surface area contributed by atoms with Gasteiger partial charge in [0.1, 0.15) is 11.9 Å². The lowest BCUT2D eigenvalue weighted by Gasteiger charge is -2.06. The molecule has 1 aromatic rings. The zero-order valence-electron chi connectivity index (χ0n) is 7.86. The highest BCUT2D eigenvalue weighted by atomic mass is 16.5. The molecule has 0 aromatic heterocycles. The summed E-state index contributed by atoms with van der Waals surface area (Å²) < 4.78 is 5.67. The number of rotatable bonds is 2. The van der Waals surface area contributed by atoms with Crippen molar-refractivity contribution in [1.82, 2.24) is 0 Å². The fourth-order valence-corrected chi connectivity index (χ4v) is 1.71. The molecule has 0 saturated heterocycles. The van der Waals surface area contributed by atoms with Gasteiger partial charge in [-0.25, -0.2) is 0 Å². The summed E-state index contributed by atoms with van der Waals surface area (Å²) in [5.74, 6) is 0.913. The topological polar surface area (TPSA) is 33.0 Å². The van der Waals surface area contributed by atoms with E-state index >= 15 is 0 Å². The van der Waals surface area contributed by atoms with Crippen molar-refractivity contribution in [3.05, 3.63) is 42.0 Å². The van der Waals surface area contributed by atoms with E-state index in [2.05, 4.69) is 12.6 Å². The zero-order valence-corrected chi connectivity index (χ0v) is 7.86. The highest BCUT2D eigenvalue weighted by Gasteiger charge is 2.21. The highest BCUT2D eigenvalue weighted by molar-refractivity contribution is 5.44. The van der Waals surface area contributed by atoms with Gasteiger partial charge in [-0.15, -0.1) is 6.58 Å². The normalized spacial score (nSPS) is 18.1. The Morgan fingerprint density at radius 3 is 3.21 bits per heavy atom. The van der Waals surface area contributed by atoms with Crippen LogP contribution in [-0.2, 0) is 6.42 Å². The molecule has 0 spiro atoms. The van der Waals surface area contributed by atoms with Crippen LogP contribution in [0.2, 0.25) is 0 Å². The predicted molar refractivity (Wildman–Crippen MR) is 54.1 cm³/mol. The minimum atomic E-state index is 0.205. The molecule has 0 amide bonds. The van der Waals surface area contributed by atoms with Crippen molar-refractivity contribution >= 4 is 0 Å². The first kappa shape index (κ1) is 8.83. The molecule has 0 aliphatic carbocycles. The minimum absolute atomic E-state index is 0.205. The van der Waals surface area contributed by atoms with Crippen LogP contribution < -0.4 is 4.74 Å². The second kappa shape index (κ2) is 3.55. The van der Waals surface area contributed by atoms with Gasteiger partial charge in [0.2, 0.25) is 0 Å². The number of nitrogens with zero attached hydrogens (tertiary/aromatic N) is 1. The smallest absolute Gasteiger partial charge is 0.123 e. The molecule has 2 nitrogen and oxygen atoms in total. The summed E-state index contributed by atoms with van der Waals surface area (Å²) in [7, 11) is 0. The van der Waals surface area contributed by atoms with Gasteiger partial charge in [-0.05, 0) is 23.8 Å². The molecule has 14 heavy (non-hydrogen) atoms. The Labute approximate surface area is 83.4 Å². The fourth-order valence-electron chi connectivity index (χ4n) is 1.71. The SMILES string of the molecule is C=CCC1Cc2cc(C#N)ccc2O1. The first-order chi connectivity index (χ1) is 6.83. The van der Waals surface area contributed by atoms with E-state index in [0.717, 1.165) is 24.2 Å². The van der Waals surface area contributed by atoms with E-state index in [1.807, 2.05) is 18.2 Å². The van der Waals surface area contributed by atoms with Gasteiger partial charge in [0.25, 0.3) is 0 Å². The zero-order chi connectivity index (χ0) is 9.97. The molecular formula is C12H11NO. The van der Waals surface area contributed by atoms with Gasteiger partial charge in [-0.3, -0.25) is 0 Å². The summed E-state index contributed by atoms with van der Waals surface area (Å²) in [6.07, 6.45) is 3.81. The summed E-state index contributed by atoms with van der Waals surface area (Å²) >= 11 is 0. The Morgan fingerprint density at radius 1 is 1.64 bits per heavy atom. The van der Waals surface area contributed by atoms with E-state index in [9.17, 15) is 0 Å². The number of ether oxygens (including phenoxy) is 1. The predicted octanol–water partition coefficient (Wildman–Crippen LogP) is 2.44. The molecule has 1 heterocycles. The monoisotopic (exact) mass is 185 g/mol. The largest absolute Gasteiger partial charge is 0.489 e. The molecule has 70 valence electrons. The lowest BCUT2D eigenvalue weighted by atomic mass is 10.1. The van der Waals surface area contributed by atoms with Crippen molar-refractivity contribution in [2.24, 2.45) is 0 Å². The Morgan fingerprint density at radius 2 is 2.50 bits per heavy atom. The van der Waals surface area contributed by atoms with Crippen LogP contribution in [-0.4, -0.2) is 6.10 Å². The first-order valence-corrected chi connectivity index (χ1v) is 4.64. The quantitative estimate of drug-likeness (QED) is 0.663. The van der Waals surface area contributed by atoms with Crippen LogP contribution in [0.1, 0.15) is 17.5 Å². The van der Waals surface area contributed by atoms with Gasteiger partial charge in [0, 0.05) is 12.8 Å². The summed E-state index contributed by atoms with van der Waals surface area (Å²) in [5.41, 5.74) is 1.84. The van der Waals surface area contributed by atoms with Crippen molar-refractivity contribution in [2.75, 3.05) is 0 Å². The van der Waals surface area contributed by atoms with Crippen LogP contribution in [0.3, 0.4) is 0 Å². The second-order valence-corrected chi connectivity index (χ2v) is 3.40. The molecule has 0 saturated carbocycles. The lowest BCUT2D eigenvalue weighted by molar-refractivity contribution is 0.236. The van der Waals surface area contributed by atoms with Crippen LogP contribution in [0.25, 0.3) is 0 Å². The highest BCUT2D eigenvalue weighted by Crippen LogP contribution is 2.30. The van der Waals surface area contributed by atoms with Crippen LogP contribution in [0.4, 0.5) is 0 Å². The number of fused-ring (bicyclic) bond motifs is 1. The van der Waals surface area contributed by atoms with Gasteiger partial charge in [-0.2, -0.15) is 5.26 Å². The van der Waals surface area contributed by atoms with E-state index in [1.165, 1.54) is 0 Å². The van der Waals surface area contributed by atoms with E-state index in [0.29, 0.717) is 5.56 Å². The van der Waals surface area contributed by atoms with Crippen LogP contribution in [0.15, 0.2) is 30.9 Å². The number of nitriles is 1. The van der Waals surface area contributed by atoms with E-state index in [-0.39, 0.29) is 6.10 Å². The summed E-state index contributed by atoms with van der Waals surface area (Å²) in [6, 6.07) is 7.69. The van der Waals surface area contributed by atoms with Crippen molar-refractivity contribution in [2.45, 2.75) is 18.9 Å². The van der Waals surface area contributed by atoms with E-state index < -0.39 is 0 Å². The molecule has 2 rings (SSSR count). The summed E-state index contributed by atoms with van der Waals surface area (Å²) in [4.78, 5) is 0. The van der Waals surface area contributed by atoms with Gasteiger partial charge in [0.15, 0.2) is 0 Å². The molecule has 0 N–H and O–H groups in total. The lowest BCUT2D eigenvalue weighted by Crippen LogP contribution is -2.10. The molecular weight excluding hydrogens is 174 g/mol. The van der Waals surface area contributed by atoms with Crippen molar-refractivity contribution in [1.29, 1.82) is 5.26 Å². The van der Waals surface area contributed by atoms with E-state index in [4.69, 9.17) is 10.00 Å². The Kier molecular flexibility index (Phi) is 2.24. The van der Waals surface area contributed by atoms with Gasteiger partial charge in [-0.1, -0.05) is 6.08 Å². The van der Waals surface area contributed by atoms with Crippen molar-refractivity contribution in [3.8, 4) is 11.8 Å². The fraction of sp³-hybridized carbons (Fsp3) is 0.250. The number of benzene rings is 1. The molecule has 1 aliphatic heterocycles. The standard InChI is InChI=1S/C12H11NO/c1-2-3-11-7-10-6-9(8-13)4-5-12(10)14-11/h2,4-6,11H,1,3,7H2. The third kappa shape index (κ3) is 1.49. The number of hydrogen-bond acceptors (Lipinski definition) is 2. The van der Waals surface area contributed by atoms with Crippen LogP contribution >= 0.6 is 0 Å². The first-order valence-electron chi connectivity index (χ1n) is 4.64. The number of hydrogen-bond donors (Lipinski definition) is 0. The molecule has 0 bridgehead atoms. The van der Waals surface area contributed by atoms with Crippen LogP contribution in [0.5, 0.6) is 5.75 Å². The van der Waals surface area contributed by atoms with Gasteiger partial charge in [0.05, 0.1) is 11.6 Å². The maximum absolute atomic E-state index is 8.73. The van der Waals surface area contributed by atoms with Crippen molar-refractivity contribution < 1.29 is 4.74 Å². The van der Waals surface area contributed by atoms with Gasteiger partial charge < -0.3 is 4.74 Å². The molecule has 0 radical (unpaired) electrons. The Bertz CT molecular complexity index is 403. The summed E-state index contributed by atoms with van der Waals surface area (Å²) in [5, 5.41) is 8.73. The molecule has 1 atom stereocenters. The molecule has 1 unspecified atom stereocenters. The maximum atomic E-state index is 8.73. The molecule has 2 heteroatoms. The van der Waals surface area contributed by atoms with Crippen LogP contribution in [0, 0.1) is 11.3 Å². The Balaban J connectivity index is 2.23. The average molecular weight is 185 g/mol. The van der Waals surface area contributed by atoms with Crippen molar-refractivity contribution in [3.63, 3.8) is 0 Å². The van der Waals surface area contributed by atoms with Gasteiger partial charge >= 0.3 is 0 Å². The average Bonchev–Trinajstić information content (AvgIpc) is 2.59. The molecule has 0 fully saturated rings. The molecule has 1 aromatic carbocycles. The summed E-state index contributed by atoms with van der Waals surface area (Å²) in [6.45, 7) is 3.69. The Hall–Kier alpha value is -1.75. The minimum Gasteiger partial charge on any atom is -0.489 e. The maximum Gasteiger partial charge on any atom is 0.123 e. The third-order valence-corrected chi connectivity index (χ3v) is 2.36. The third-order valence-electron chi connectivity index (χ3n) is 2.36.